The number of methoxy groups -OCH3 is 1. The van der Waals surface area contributed by atoms with Gasteiger partial charge in [0, 0.05) is 19.2 Å². The molecule has 0 bridgehead atoms. The summed E-state index contributed by atoms with van der Waals surface area (Å²) in [6, 6.07) is 16.7. The number of para-hydroxylation sites is 1. The third-order valence-electron chi connectivity index (χ3n) is 5.61. The lowest BCUT2D eigenvalue weighted by Gasteiger charge is -2.36. The Bertz CT molecular complexity index is 770. The van der Waals surface area contributed by atoms with E-state index in [1.54, 1.807) is 31.4 Å². The van der Waals surface area contributed by atoms with E-state index in [1.807, 2.05) is 30.3 Å². The summed E-state index contributed by atoms with van der Waals surface area (Å²) in [5, 5.41) is 13.7. The summed E-state index contributed by atoms with van der Waals surface area (Å²) in [5.74, 6) is 1.89. The van der Waals surface area contributed by atoms with Gasteiger partial charge in [-0.3, -0.25) is 4.79 Å². The van der Waals surface area contributed by atoms with Crippen LogP contribution in [0.3, 0.4) is 0 Å². The predicted molar refractivity (Wildman–Crippen MR) is 115 cm³/mol. The Morgan fingerprint density at radius 2 is 1.70 bits per heavy atom. The van der Waals surface area contributed by atoms with Crippen molar-refractivity contribution in [1.29, 1.82) is 0 Å². The van der Waals surface area contributed by atoms with Crippen LogP contribution in [0.1, 0.15) is 42.5 Å². The molecule has 1 aliphatic rings. The molecule has 2 aromatic rings. The second-order valence-corrected chi connectivity index (χ2v) is 7.88. The number of carbonyl (C=O) groups is 1. The zero-order chi connectivity index (χ0) is 21.2. The van der Waals surface area contributed by atoms with Crippen LogP contribution in [0.15, 0.2) is 54.6 Å². The second kappa shape index (κ2) is 11.0. The van der Waals surface area contributed by atoms with E-state index >= 15 is 0 Å². The zero-order valence-corrected chi connectivity index (χ0v) is 17.5. The Morgan fingerprint density at radius 3 is 2.37 bits per heavy atom. The summed E-state index contributed by atoms with van der Waals surface area (Å²) in [4.78, 5) is 12.4. The minimum absolute atomic E-state index is 0.165. The van der Waals surface area contributed by atoms with Gasteiger partial charge in [-0.1, -0.05) is 18.2 Å². The van der Waals surface area contributed by atoms with Crippen molar-refractivity contribution in [3.63, 3.8) is 0 Å². The Labute approximate surface area is 178 Å². The molecule has 2 N–H and O–H groups in total. The van der Waals surface area contributed by atoms with Gasteiger partial charge in [-0.25, -0.2) is 0 Å². The van der Waals surface area contributed by atoms with Gasteiger partial charge in [0.2, 0.25) is 0 Å². The number of carbonyl (C=O) groups excluding carboxylic acids is 1. The van der Waals surface area contributed by atoms with Crippen LogP contribution in [-0.4, -0.2) is 43.7 Å². The van der Waals surface area contributed by atoms with Crippen LogP contribution < -0.4 is 14.8 Å². The van der Waals surface area contributed by atoms with Crippen LogP contribution in [0.4, 0.5) is 0 Å². The normalized spacial score (nSPS) is 21.1. The highest BCUT2D eigenvalue weighted by atomic mass is 16.7. The molecule has 0 radical (unpaired) electrons. The first-order valence-electron chi connectivity index (χ1n) is 10.5. The van der Waals surface area contributed by atoms with Gasteiger partial charge >= 0.3 is 0 Å². The molecule has 0 saturated heterocycles. The fourth-order valence-corrected chi connectivity index (χ4v) is 3.72. The van der Waals surface area contributed by atoms with Crippen LogP contribution in [0, 0.1) is 5.92 Å². The molecule has 0 unspecified atom stereocenters. The molecule has 3 rings (SSSR count). The smallest absolute Gasteiger partial charge is 0.251 e. The topological polar surface area (TPSA) is 77.0 Å². The standard InChI is InChI=1S/C24H31NO5/c1-28-18-30-22-9-7-20(8-10-22)23(26)25-17-24(27)14-11-19(12-15-24)13-16-29-21-5-3-2-4-6-21/h2-10,19,27H,11-18H2,1H3,(H,25,26)/t19-,24+. The molecule has 162 valence electrons. The number of hydrogen-bond donors (Lipinski definition) is 2. The molecule has 0 atom stereocenters. The molecule has 0 spiro atoms. The van der Waals surface area contributed by atoms with Crippen LogP contribution >= 0.6 is 0 Å². The van der Waals surface area contributed by atoms with Crippen LogP contribution in [0.5, 0.6) is 11.5 Å². The van der Waals surface area contributed by atoms with Gasteiger partial charge in [0.1, 0.15) is 11.5 Å². The van der Waals surface area contributed by atoms with Crippen molar-refractivity contribution < 1.29 is 24.1 Å². The highest BCUT2D eigenvalue weighted by Gasteiger charge is 2.33. The molecule has 30 heavy (non-hydrogen) atoms. The van der Waals surface area contributed by atoms with E-state index in [4.69, 9.17) is 14.2 Å². The van der Waals surface area contributed by atoms with Gasteiger partial charge in [0.05, 0.1) is 12.2 Å². The van der Waals surface area contributed by atoms with E-state index in [1.165, 1.54) is 0 Å². The van der Waals surface area contributed by atoms with Crippen LogP contribution in [0.2, 0.25) is 0 Å². The number of aliphatic hydroxyl groups is 1. The number of hydrogen-bond acceptors (Lipinski definition) is 5. The van der Waals surface area contributed by atoms with Gasteiger partial charge < -0.3 is 24.6 Å². The molecule has 1 saturated carbocycles. The van der Waals surface area contributed by atoms with Gasteiger partial charge in [-0.15, -0.1) is 0 Å². The lowest BCUT2D eigenvalue weighted by Crippen LogP contribution is -2.45. The summed E-state index contributed by atoms with van der Waals surface area (Å²) < 4.78 is 16.0. The van der Waals surface area contributed by atoms with E-state index in [2.05, 4.69) is 5.32 Å². The average Bonchev–Trinajstić information content (AvgIpc) is 2.79. The lowest BCUT2D eigenvalue weighted by molar-refractivity contribution is -0.00977. The van der Waals surface area contributed by atoms with Crippen molar-refractivity contribution in [2.75, 3.05) is 27.1 Å². The summed E-state index contributed by atoms with van der Waals surface area (Å²) in [6.45, 7) is 1.12. The zero-order valence-electron chi connectivity index (χ0n) is 17.5. The average molecular weight is 414 g/mol. The first kappa shape index (κ1) is 22.1. The van der Waals surface area contributed by atoms with E-state index < -0.39 is 5.60 Å². The molecule has 1 amide bonds. The maximum absolute atomic E-state index is 12.4. The summed E-state index contributed by atoms with van der Waals surface area (Å²) in [7, 11) is 1.55. The maximum Gasteiger partial charge on any atom is 0.251 e. The second-order valence-electron chi connectivity index (χ2n) is 7.88. The Hall–Kier alpha value is -2.57. The fourth-order valence-electron chi connectivity index (χ4n) is 3.72. The number of amides is 1. The summed E-state index contributed by atoms with van der Waals surface area (Å²) in [5.41, 5.74) is -0.302. The monoisotopic (exact) mass is 413 g/mol. The molecule has 0 aromatic heterocycles. The Balaban J connectivity index is 1.37. The minimum Gasteiger partial charge on any atom is -0.494 e. The highest BCUT2D eigenvalue weighted by Crippen LogP contribution is 2.33. The lowest BCUT2D eigenvalue weighted by atomic mass is 9.77. The van der Waals surface area contributed by atoms with E-state index in [0.29, 0.717) is 36.7 Å². The van der Waals surface area contributed by atoms with Crippen molar-refractivity contribution in [2.24, 2.45) is 5.92 Å². The molecule has 1 fully saturated rings. The van der Waals surface area contributed by atoms with Crippen molar-refractivity contribution in [1.82, 2.24) is 5.32 Å². The van der Waals surface area contributed by atoms with Crippen molar-refractivity contribution in [3.8, 4) is 11.5 Å². The van der Waals surface area contributed by atoms with E-state index in [-0.39, 0.29) is 19.2 Å². The largest absolute Gasteiger partial charge is 0.494 e. The maximum atomic E-state index is 12.4. The summed E-state index contributed by atoms with van der Waals surface area (Å²) in [6.07, 6.45) is 4.24. The number of ether oxygens (including phenoxy) is 3. The molecule has 6 heteroatoms. The first-order chi connectivity index (χ1) is 14.6. The predicted octanol–water partition coefficient (Wildman–Crippen LogP) is 3.79. The van der Waals surface area contributed by atoms with Gasteiger partial charge in [-0.05, 0) is 74.4 Å². The van der Waals surface area contributed by atoms with Gasteiger partial charge in [0.25, 0.3) is 5.91 Å². The summed E-state index contributed by atoms with van der Waals surface area (Å²) >= 11 is 0. The third kappa shape index (κ3) is 6.75. The molecule has 0 heterocycles. The molecule has 0 aliphatic heterocycles. The van der Waals surface area contributed by atoms with Crippen molar-refractivity contribution >= 4 is 5.91 Å². The number of benzene rings is 2. The SMILES string of the molecule is COCOc1ccc(C(=O)NC[C@]2(O)CC[C@@H](CCOc3ccccc3)CC2)cc1. The third-order valence-corrected chi connectivity index (χ3v) is 5.61. The van der Waals surface area contributed by atoms with Crippen molar-refractivity contribution in [3.05, 3.63) is 60.2 Å². The van der Waals surface area contributed by atoms with Crippen LogP contribution in [0.25, 0.3) is 0 Å². The highest BCUT2D eigenvalue weighted by molar-refractivity contribution is 5.94. The first-order valence-corrected chi connectivity index (χ1v) is 10.5. The number of rotatable bonds is 10. The molecular formula is C24H31NO5. The number of nitrogens with one attached hydrogen (secondary N) is 1. The van der Waals surface area contributed by atoms with E-state index in [0.717, 1.165) is 25.0 Å². The minimum atomic E-state index is -0.839. The molecular weight excluding hydrogens is 382 g/mol. The van der Waals surface area contributed by atoms with E-state index in [9.17, 15) is 9.90 Å². The molecule has 2 aromatic carbocycles. The Morgan fingerprint density at radius 1 is 1.03 bits per heavy atom. The fraction of sp³-hybridized carbons (Fsp3) is 0.458. The molecule has 1 aliphatic carbocycles. The Kier molecular flexibility index (Phi) is 8.11. The van der Waals surface area contributed by atoms with Crippen LogP contribution in [-0.2, 0) is 4.74 Å². The quantitative estimate of drug-likeness (QED) is 0.580. The van der Waals surface area contributed by atoms with Crippen molar-refractivity contribution in [2.45, 2.75) is 37.7 Å². The molecule has 6 nitrogen and oxygen atoms in total. The van der Waals surface area contributed by atoms with Gasteiger partial charge in [-0.2, -0.15) is 0 Å². The van der Waals surface area contributed by atoms with Gasteiger partial charge in [0.15, 0.2) is 6.79 Å².